The fourth-order valence-corrected chi connectivity index (χ4v) is 2.46. The number of amides is 3. The Kier molecular flexibility index (Phi) is 8.55. The standard InChI is InChI=1S/C20H22N2O8/c1-2-12-28-20(27)21-15(19(26)29-13-14-6-4-3-5-7-14)8-11-18(25)30-22-16(23)9-10-17(22)24/h2-7,15H,1,8-13H2,(H,21,27)/t15-/m0/s1. The number of carbonyl (C=O) groups is 5. The van der Waals surface area contributed by atoms with Gasteiger partial charge in [-0.2, -0.15) is 0 Å². The first-order valence-electron chi connectivity index (χ1n) is 9.22. The third kappa shape index (κ3) is 7.04. The summed E-state index contributed by atoms with van der Waals surface area (Å²) in [5.41, 5.74) is 0.740. The van der Waals surface area contributed by atoms with Crippen LogP contribution in [0.25, 0.3) is 0 Å². The number of carbonyl (C=O) groups excluding carboxylic acids is 5. The molecule has 1 aromatic rings. The van der Waals surface area contributed by atoms with E-state index in [1.54, 1.807) is 24.3 Å². The summed E-state index contributed by atoms with van der Waals surface area (Å²) in [6.07, 6.45) is -0.150. The minimum absolute atomic E-state index is 0.0270. The average Bonchev–Trinajstić information content (AvgIpc) is 3.06. The van der Waals surface area contributed by atoms with Crippen molar-refractivity contribution in [1.82, 2.24) is 10.4 Å². The van der Waals surface area contributed by atoms with E-state index in [2.05, 4.69) is 11.9 Å². The summed E-state index contributed by atoms with van der Waals surface area (Å²) in [6.45, 7) is 3.32. The van der Waals surface area contributed by atoms with Gasteiger partial charge in [-0.25, -0.2) is 14.4 Å². The van der Waals surface area contributed by atoms with E-state index in [9.17, 15) is 24.0 Å². The van der Waals surface area contributed by atoms with Crippen LogP contribution >= 0.6 is 0 Å². The van der Waals surface area contributed by atoms with Crippen LogP contribution in [0.4, 0.5) is 4.79 Å². The predicted octanol–water partition coefficient (Wildman–Crippen LogP) is 1.40. The topological polar surface area (TPSA) is 128 Å². The van der Waals surface area contributed by atoms with Crippen molar-refractivity contribution in [3.8, 4) is 0 Å². The quantitative estimate of drug-likeness (QED) is 0.343. The Balaban J connectivity index is 1.92. The molecule has 3 amide bonds. The van der Waals surface area contributed by atoms with Gasteiger partial charge in [0.05, 0.1) is 6.42 Å². The second kappa shape index (κ2) is 11.3. The number of hydrogen-bond acceptors (Lipinski definition) is 8. The van der Waals surface area contributed by atoms with Crippen LogP contribution in [0.15, 0.2) is 43.0 Å². The van der Waals surface area contributed by atoms with Crippen LogP contribution in [-0.4, -0.2) is 47.6 Å². The smallest absolute Gasteiger partial charge is 0.408 e. The van der Waals surface area contributed by atoms with E-state index in [0.717, 1.165) is 5.56 Å². The Morgan fingerprint density at radius 2 is 1.77 bits per heavy atom. The number of benzene rings is 1. The first-order chi connectivity index (χ1) is 14.4. The van der Waals surface area contributed by atoms with Crippen molar-refractivity contribution in [2.45, 2.75) is 38.3 Å². The SMILES string of the molecule is C=CCOC(=O)N[C@@H](CCC(=O)ON1C(=O)CCC1=O)C(=O)OCc1ccccc1. The molecule has 1 saturated heterocycles. The van der Waals surface area contributed by atoms with Crippen molar-refractivity contribution < 1.29 is 38.3 Å². The van der Waals surface area contributed by atoms with E-state index in [1.807, 2.05) is 6.07 Å². The minimum atomic E-state index is -1.21. The predicted molar refractivity (Wildman–Crippen MR) is 101 cm³/mol. The fourth-order valence-electron chi connectivity index (χ4n) is 2.46. The molecule has 0 saturated carbocycles. The molecule has 0 aromatic heterocycles. The lowest BCUT2D eigenvalue weighted by atomic mass is 10.1. The van der Waals surface area contributed by atoms with E-state index in [0.29, 0.717) is 5.06 Å². The van der Waals surface area contributed by atoms with E-state index in [-0.39, 0.29) is 38.9 Å². The normalized spacial score (nSPS) is 14.1. The number of imide groups is 1. The van der Waals surface area contributed by atoms with E-state index >= 15 is 0 Å². The van der Waals surface area contributed by atoms with Crippen molar-refractivity contribution in [1.29, 1.82) is 0 Å². The molecule has 0 spiro atoms. The maximum Gasteiger partial charge on any atom is 0.408 e. The van der Waals surface area contributed by atoms with Gasteiger partial charge in [-0.3, -0.25) is 9.59 Å². The van der Waals surface area contributed by atoms with Gasteiger partial charge < -0.3 is 19.6 Å². The first-order valence-corrected chi connectivity index (χ1v) is 9.22. The van der Waals surface area contributed by atoms with Crippen LogP contribution in [0, 0.1) is 0 Å². The Hall–Kier alpha value is -3.69. The molecule has 1 aliphatic heterocycles. The molecule has 1 N–H and O–H groups in total. The molecular weight excluding hydrogens is 396 g/mol. The number of alkyl carbamates (subject to hydrolysis) is 1. The molecule has 0 radical (unpaired) electrons. The summed E-state index contributed by atoms with van der Waals surface area (Å²) in [5, 5.41) is 2.73. The summed E-state index contributed by atoms with van der Waals surface area (Å²) < 4.78 is 9.98. The number of hydrogen-bond donors (Lipinski definition) is 1. The third-order valence-corrected chi connectivity index (χ3v) is 3.97. The number of hydroxylamine groups is 2. The number of rotatable bonds is 10. The van der Waals surface area contributed by atoms with Gasteiger partial charge in [0, 0.05) is 12.8 Å². The molecule has 1 aromatic carbocycles. The highest BCUT2D eigenvalue weighted by molar-refractivity contribution is 6.01. The molecule has 1 heterocycles. The summed E-state index contributed by atoms with van der Waals surface area (Å²) in [5.74, 6) is -2.91. The fraction of sp³-hybridized carbons (Fsp3) is 0.350. The molecule has 10 nitrogen and oxygen atoms in total. The highest BCUT2D eigenvalue weighted by atomic mass is 16.7. The van der Waals surface area contributed by atoms with Crippen LogP contribution in [0.5, 0.6) is 0 Å². The first kappa shape index (κ1) is 22.6. The zero-order chi connectivity index (χ0) is 21.9. The van der Waals surface area contributed by atoms with E-state index < -0.39 is 35.9 Å². The van der Waals surface area contributed by atoms with Crippen LogP contribution in [-0.2, 0) is 40.1 Å². The summed E-state index contributed by atoms with van der Waals surface area (Å²) >= 11 is 0. The number of esters is 1. The Morgan fingerprint density at radius 3 is 2.40 bits per heavy atom. The molecule has 0 aliphatic carbocycles. The van der Waals surface area contributed by atoms with Crippen molar-refractivity contribution in [2.75, 3.05) is 6.61 Å². The molecule has 1 fully saturated rings. The van der Waals surface area contributed by atoms with Crippen LogP contribution < -0.4 is 5.32 Å². The third-order valence-electron chi connectivity index (χ3n) is 3.97. The Labute approximate surface area is 172 Å². The van der Waals surface area contributed by atoms with Gasteiger partial charge in [0.25, 0.3) is 11.8 Å². The average molecular weight is 418 g/mol. The van der Waals surface area contributed by atoms with Crippen LogP contribution in [0.3, 0.4) is 0 Å². The van der Waals surface area contributed by atoms with Gasteiger partial charge >= 0.3 is 18.0 Å². The second-order valence-corrected chi connectivity index (χ2v) is 6.26. The maximum absolute atomic E-state index is 12.4. The monoisotopic (exact) mass is 418 g/mol. The molecule has 160 valence electrons. The number of ether oxygens (including phenoxy) is 2. The molecule has 10 heteroatoms. The molecular formula is C20H22N2O8. The lowest BCUT2D eigenvalue weighted by molar-refractivity contribution is -0.197. The van der Waals surface area contributed by atoms with Gasteiger partial charge in [0.15, 0.2) is 0 Å². The molecule has 2 rings (SSSR count). The van der Waals surface area contributed by atoms with Crippen molar-refractivity contribution >= 4 is 29.8 Å². The van der Waals surface area contributed by atoms with Crippen molar-refractivity contribution in [3.63, 3.8) is 0 Å². The number of nitrogens with one attached hydrogen (secondary N) is 1. The highest BCUT2D eigenvalue weighted by Gasteiger charge is 2.33. The van der Waals surface area contributed by atoms with Gasteiger partial charge in [-0.1, -0.05) is 43.0 Å². The second-order valence-electron chi connectivity index (χ2n) is 6.26. The van der Waals surface area contributed by atoms with E-state index in [1.165, 1.54) is 6.08 Å². The molecule has 1 aliphatic rings. The highest BCUT2D eigenvalue weighted by Crippen LogP contribution is 2.14. The summed E-state index contributed by atoms with van der Waals surface area (Å²) in [7, 11) is 0. The zero-order valence-corrected chi connectivity index (χ0v) is 16.2. The van der Waals surface area contributed by atoms with Crippen molar-refractivity contribution in [2.24, 2.45) is 0 Å². The van der Waals surface area contributed by atoms with Crippen LogP contribution in [0.1, 0.15) is 31.2 Å². The molecule has 0 unspecified atom stereocenters. The van der Waals surface area contributed by atoms with Crippen LogP contribution in [0.2, 0.25) is 0 Å². The lowest BCUT2D eigenvalue weighted by Crippen LogP contribution is -2.42. The van der Waals surface area contributed by atoms with Gasteiger partial charge in [-0.15, -0.1) is 5.06 Å². The molecule has 1 atom stereocenters. The van der Waals surface area contributed by atoms with E-state index in [4.69, 9.17) is 14.3 Å². The Bertz CT molecular complexity index is 792. The largest absolute Gasteiger partial charge is 0.459 e. The maximum atomic E-state index is 12.4. The molecule has 30 heavy (non-hydrogen) atoms. The minimum Gasteiger partial charge on any atom is -0.459 e. The summed E-state index contributed by atoms with van der Waals surface area (Å²) in [4.78, 5) is 63.9. The van der Waals surface area contributed by atoms with Gasteiger partial charge in [0.1, 0.15) is 19.3 Å². The van der Waals surface area contributed by atoms with Gasteiger partial charge in [-0.05, 0) is 12.0 Å². The summed E-state index contributed by atoms with van der Waals surface area (Å²) in [6, 6.07) is 7.69. The molecule has 0 bridgehead atoms. The lowest BCUT2D eigenvalue weighted by Gasteiger charge is -2.18. The Morgan fingerprint density at radius 1 is 1.10 bits per heavy atom. The number of nitrogens with zero attached hydrogens (tertiary/aromatic N) is 1. The van der Waals surface area contributed by atoms with Gasteiger partial charge in [0.2, 0.25) is 0 Å². The van der Waals surface area contributed by atoms with Crippen molar-refractivity contribution in [3.05, 3.63) is 48.6 Å². The zero-order valence-electron chi connectivity index (χ0n) is 16.2.